The minimum Gasteiger partial charge on any atom is -0.468 e. The van der Waals surface area contributed by atoms with Gasteiger partial charge in [-0.05, 0) is 50.1 Å². The number of thiazole rings is 1. The second kappa shape index (κ2) is 9.86. The number of carbonyl (C=O) groups excluding carboxylic acids is 2. The van der Waals surface area contributed by atoms with Gasteiger partial charge >= 0.3 is 5.97 Å². The lowest BCUT2D eigenvalue weighted by atomic mass is 10.2. The van der Waals surface area contributed by atoms with Crippen molar-refractivity contribution in [3.8, 4) is 0 Å². The Kier molecular flexibility index (Phi) is 7.16. The summed E-state index contributed by atoms with van der Waals surface area (Å²) in [4.78, 5) is 29.5. The molecule has 1 saturated heterocycles. The molecule has 2 heterocycles. The van der Waals surface area contributed by atoms with E-state index in [0.29, 0.717) is 23.1 Å². The van der Waals surface area contributed by atoms with Gasteiger partial charge in [0.25, 0.3) is 5.91 Å². The molecule has 1 unspecified atom stereocenters. The van der Waals surface area contributed by atoms with Crippen molar-refractivity contribution in [1.29, 1.82) is 0 Å². The first-order chi connectivity index (χ1) is 16.9. The molecular formula is C22H24N4O7S3. The van der Waals surface area contributed by atoms with E-state index in [9.17, 15) is 26.4 Å². The second-order valence-corrected chi connectivity index (χ2v) is 12.7. The molecule has 1 atom stereocenters. The summed E-state index contributed by atoms with van der Waals surface area (Å²) >= 11 is 0.980. The first kappa shape index (κ1) is 26.2. The van der Waals surface area contributed by atoms with Gasteiger partial charge in [-0.3, -0.25) is 9.59 Å². The normalized spacial score (nSPS) is 17.5. The van der Waals surface area contributed by atoms with Crippen LogP contribution in [0.5, 0.6) is 0 Å². The maximum absolute atomic E-state index is 13.3. The number of hydrogen-bond acceptors (Lipinski definition) is 8. The largest absolute Gasteiger partial charge is 0.468 e. The zero-order chi connectivity index (χ0) is 26.3. The van der Waals surface area contributed by atoms with Crippen LogP contribution in [0.2, 0.25) is 0 Å². The Morgan fingerprint density at radius 2 is 1.78 bits per heavy atom. The fourth-order valence-electron chi connectivity index (χ4n) is 3.95. The highest BCUT2D eigenvalue weighted by Gasteiger charge is 2.39. The molecule has 2 aromatic carbocycles. The summed E-state index contributed by atoms with van der Waals surface area (Å²) < 4.78 is 57.8. The molecule has 3 aromatic rings. The van der Waals surface area contributed by atoms with Crippen molar-refractivity contribution in [2.75, 3.05) is 13.7 Å². The highest BCUT2D eigenvalue weighted by molar-refractivity contribution is 7.89. The molecule has 14 heteroatoms. The molecule has 0 aliphatic carbocycles. The van der Waals surface area contributed by atoms with Gasteiger partial charge in [0.1, 0.15) is 12.6 Å². The zero-order valence-electron chi connectivity index (χ0n) is 19.4. The van der Waals surface area contributed by atoms with Gasteiger partial charge in [-0.2, -0.15) is 9.30 Å². The molecule has 0 spiro atoms. The van der Waals surface area contributed by atoms with E-state index in [2.05, 4.69) is 4.99 Å². The minimum absolute atomic E-state index is 0.0888. The fourth-order valence-corrected chi connectivity index (χ4v) is 7.29. The highest BCUT2D eigenvalue weighted by Crippen LogP contribution is 2.27. The summed E-state index contributed by atoms with van der Waals surface area (Å²) in [6.07, 6.45) is 0.786. The Morgan fingerprint density at radius 1 is 1.11 bits per heavy atom. The molecule has 1 aliphatic heterocycles. The van der Waals surface area contributed by atoms with Gasteiger partial charge in [0, 0.05) is 6.54 Å². The Hall–Kier alpha value is -2.91. The summed E-state index contributed by atoms with van der Waals surface area (Å²) in [5.74, 6) is -1.29. The third kappa shape index (κ3) is 5.13. The van der Waals surface area contributed by atoms with Crippen molar-refractivity contribution in [2.45, 2.75) is 42.1 Å². The van der Waals surface area contributed by atoms with Crippen LogP contribution in [0.3, 0.4) is 0 Å². The molecule has 1 aromatic heterocycles. The zero-order valence-corrected chi connectivity index (χ0v) is 21.9. The van der Waals surface area contributed by atoms with Gasteiger partial charge in [0.2, 0.25) is 20.0 Å². The highest BCUT2D eigenvalue weighted by atomic mass is 32.2. The number of nitrogens with zero attached hydrogens (tertiary/aromatic N) is 3. The number of carbonyl (C=O) groups is 2. The Balaban J connectivity index is 1.77. The van der Waals surface area contributed by atoms with E-state index < -0.39 is 38.0 Å². The standard InChI is InChI=1S/C22H24N4O7S3/c1-14-5-7-15(8-6-14)36(31,32)26-11-3-4-18(26)21(28)24-22-25(13-20(27)33-2)17-10-9-16(35(23,29)30)12-19(17)34-22/h5-10,12,18H,3-4,11,13H2,1-2H3,(H2,23,29,30). The second-order valence-electron chi connectivity index (χ2n) is 8.26. The lowest BCUT2D eigenvalue weighted by molar-refractivity contribution is -0.141. The van der Waals surface area contributed by atoms with Crippen LogP contribution in [0.25, 0.3) is 10.2 Å². The average molecular weight is 553 g/mol. The van der Waals surface area contributed by atoms with E-state index in [0.717, 1.165) is 21.2 Å². The number of ether oxygens (including phenoxy) is 1. The number of methoxy groups -OCH3 is 1. The number of aromatic nitrogens is 1. The van der Waals surface area contributed by atoms with E-state index in [4.69, 9.17) is 9.88 Å². The summed E-state index contributed by atoms with van der Waals surface area (Å²) in [5.41, 5.74) is 1.35. The Labute approximate surface area is 211 Å². The number of aryl methyl sites for hydroxylation is 1. The molecule has 4 rings (SSSR count). The number of hydrogen-bond donors (Lipinski definition) is 1. The number of primary sulfonamides is 1. The summed E-state index contributed by atoms with van der Waals surface area (Å²) in [6.45, 7) is 1.74. The van der Waals surface area contributed by atoms with Gasteiger partial charge < -0.3 is 9.30 Å². The van der Waals surface area contributed by atoms with Crippen molar-refractivity contribution in [1.82, 2.24) is 8.87 Å². The van der Waals surface area contributed by atoms with Crippen LogP contribution in [0, 0.1) is 6.92 Å². The van der Waals surface area contributed by atoms with Gasteiger partial charge in [-0.1, -0.05) is 29.0 Å². The third-order valence-corrected chi connectivity index (χ3v) is 9.69. The van der Waals surface area contributed by atoms with Crippen molar-refractivity contribution in [3.63, 3.8) is 0 Å². The topological polar surface area (TPSA) is 158 Å². The quantitative estimate of drug-likeness (QED) is 0.449. The van der Waals surface area contributed by atoms with E-state index in [1.54, 1.807) is 12.1 Å². The SMILES string of the molecule is COC(=O)Cn1c(=NC(=O)C2CCCN2S(=O)(=O)c2ccc(C)cc2)sc2cc(S(N)(=O)=O)ccc21. The van der Waals surface area contributed by atoms with Crippen LogP contribution in [-0.4, -0.2) is 57.3 Å². The van der Waals surface area contributed by atoms with Crippen molar-refractivity contribution in [2.24, 2.45) is 10.1 Å². The summed E-state index contributed by atoms with van der Waals surface area (Å²) in [5, 5.41) is 5.23. The van der Waals surface area contributed by atoms with Gasteiger partial charge in [0.15, 0.2) is 4.80 Å². The average Bonchev–Trinajstić information content (AvgIpc) is 3.44. The van der Waals surface area contributed by atoms with Crippen molar-refractivity contribution >= 4 is 53.5 Å². The number of benzene rings is 2. The number of nitrogens with two attached hydrogens (primary N) is 1. The number of fused-ring (bicyclic) bond motifs is 1. The first-order valence-electron chi connectivity index (χ1n) is 10.8. The van der Waals surface area contributed by atoms with Crippen LogP contribution in [0.4, 0.5) is 0 Å². The van der Waals surface area contributed by atoms with Gasteiger partial charge in [-0.15, -0.1) is 0 Å². The molecule has 1 amide bonds. The van der Waals surface area contributed by atoms with Gasteiger partial charge in [0.05, 0.1) is 27.1 Å². The molecule has 36 heavy (non-hydrogen) atoms. The number of rotatable bonds is 6. The van der Waals surface area contributed by atoms with Crippen LogP contribution in [-0.2, 0) is 40.9 Å². The third-order valence-electron chi connectivity index (χ3n) is 5.82. The predicted octanol–water partition coefficient (Wildman–Crippen LogP) is 1.11. The molecule has 192 valence electrons. The van der Waals surface area contributed by atoms with Crippen LogP contribution in [0.15, 0.2) is 57.2 Å². The molecule has 1 aliphatic rings. The van der Waals surface area contributed by atoms with Gasteiger partial charge in [-0.25, -0.2) is 22.0 Å². The molecule has 0 saturated carbocycles. The molecule has 0 radical (unpaired) electrons. The van der Waals surface area contributed by atoms with Crippen LogP contribution in [0.1, 0.15) is 18.4 Å². The molecule has 1 fully saturated rings. The maximum Gasteiger partial charge on any atom is 0.325 e. The van der Waals surface area contributed by atoms with Crippen LogP contribution >= 0.6 is 11.3 Å². The van der Waals surface area contributed by atoms with Crippen molar-refractivity contribution in [3.05, 3.63) is 52.8 Å². The van der Waals surface area contributed by atoms with E-state index in [-0.39, 0.29) is 27.7 Å². The van der Waals surface area contributed by atoms with E-state index in [1.165, 1.54) is 42.0 Å². The lowest BCUT2D eigenvalue weighted by Gasteiger charge is -2.21. The monoisotopic (exact) mass is 552 g/mol. The predicted molar refractivity (Wildman–Crippen MR) is 132 cm³/mol. The lowest BCUT2D eigenvalue weighted by Crippen LogP contribution is -2.40. The van der Waals surface area contributed by atoms with E-state index >= 15 is 0 Å². The fraction of sp³-hybridized carbons (Fsp3) is 0.318. The number of sulfonamides is 2. The Morgan fingerprint density at radius 3 is 2.42 bits per heavy atom. The molecule has 2 N–H and O–H groups in total. The summed E-state index contributed by atoms with van der Waals surface area (Å²) in [7, 11) is -6.69. The van der Waals surface area contributed by atoms with Crippen LogP contribution < -0.4 is 9.94 Å². The molecule has 0 bridgehead atoms. The first-order valence-corrected chi connectivity index (χ1v) is 14.6. The maximum atomic E-state index is 13.3. The number of amides is 1. The molecule has 11 nitrogen and oxygen atoms in total. The molecular weight excluding hydrogens is 528 g/mol. The number of esters is 1. The van der Waals surface area contributed by atoms with Crippen molar-refractivity contribution < 1.29 is 31.2 Å². The summed E-state index contributed by atoms with van der Waals surface area (Å²) in [6, 6.07) is 9.45. The van der Waals surface area contributed by atoms with E-state index in [1.807, 2.05) is 6.92 Å². The minimum atomic E-state index is -3.98. The smallest absolute Gasteiger partial charge is 0.325 e. The Bertz CT molecular complexity index is 1620.